The Morgan fingerprint density at radius 2 is 1.57 bits per heavy atom. The van der Waals surface area contributed by atoms with Gasteiger partial charge in [0.05, 0.1) is 22.6 Å². The van der Waals surface area contributed by atoms with E-state index >= 15 is 0 Å². The highest BCUT2D eigenvalue weighted by molar-refractivity contribution is 6.05. The molecule has 30 heavy (non-hydrogen) atoms. The molecule has 1 aliphatic rings. The first-order chi connectivity index (χ1) is 14.4. The number of aliphatic imine (C=N–C) groups is 1. The molecule has 3 atom stereocenters. The minimum atomic E-state index is -0.999. The molecule has 0 saturated heterocycles. The highest BCUT2D eigenvalue weighted by Gasteiger charge is 2.33. The molecule has 0 bridgehead atoms. The van der Waals surface area contributed by atoms with Gasteiger partial charge in [0, 0.05) is 36.2 Å². The SMILES string of the molecule is CC1(c2cccc([NH+]([O-])O)c2)CC(c2cccc([NH+]([O-])O)c2)=Nc2ccccc2N1. The van der Waals surface area contributed by atoms with Crippen LogP contribution >= 0.6 is 0 Å². The third kappa shape index (κ3) is 3.96. The molecule has 0 fully saturated rings. The lowest BCUT2D eigenvalue weighted by molar-refractivity contribution is -0.991. The van der Waals surface area contributed by atoms with E-state index in [1.165, 1.54) is 0 Å². The van der Waals surface area contributed by atoms with Crippen molar-refractivity contribution in [2.24, 2.45) is 4.99 Å². The molecule has 0 spiro atoms. The van der Waals surface area contributed by atoms with E-state index in [1.807, 2.05) is 43.3 Å². The first kappa shape index (κ1) is 20.2. The van der Waals surface area contributed by atoms with E-state index in [-0.39, 0.29) is 11.4 Å². The number of hydrogen-bond donors (Lipinski definition) is 5. The van der Waals surface area contributed by atoms with Crippen molar-refractivity contribution in [3.05, 3.63) is 94.3 Å². The normalized spacial score (nSPS) is 20.4. The summed E-state index contributed by atoms with van der Waals surface area (Å²) >= 11 is 0. The van der Waals surface area contributed by atoms with Gasteiger partial charge in [0.25, 0.3) is 0 Å². The van der Waals surface area contributed by atoms with Crippen molar-refractivity contribution in [1.29, 1.82) is 0 Å². The highest BCUT2D eigenvalue weighted by atomic mass is 16.8. The molecule has 1 aliphatic heterocycles. The molecule has 1 heterocycles. The van der Waals surface area contributed by atoms with E-state index in [4.69, 9.17) is 4.99 Å². The lowest BCUT2D eigenvalue weighted by Gasteiger charge is -2.32. The van der Waals surface area contributed by atoms with Gasteiger partial charge >= 0.3 is 0 Å². The average molecular weight is 406 g/mol. The number of nitrogens with zero attached hydrogens (tertiary/aromatic N) is 1. The molecule has 8 nitrogen and oxygen atoms in total. The molecule has 3 aromatic rings. The second-order valence-corrected chi connectivity index (χ2v) is 7.48. The quantitative estimate of drug-likeness (QED) is 0.426. The van der Waals surface area contributed by atoms with E-state index in [0.717, 1.165) is 22.6 Å². The van der Waals surface area contributed by atoms with Crippen molar-refractivity contribution in [2.45, 2.75) is 18.9 Å². The Labute approximate surface area is 173 Å². The van der Waals surface area contributed by atoms with Crippen LogP contribution in [0.2, 0.25) is 0 Å². The lowest BCUT2D eigenvalue weighted by atomic mass is 9.84. The molecule has 8 heteroatoms. The number of benzene rings is 3. The van der Waals surface area contributed by atoms with Crippen LogP contribution in [0.1, 0.15) is 24.5 Å². The molecular weight excluding hydrogens is 384 g/mol. The van der Waals surface area contributed by atoms with Crippen LogP contribution in [0, 0.1) is 10.4 Å². The van der Waals surface area contributed by atoms with Gasteiger partial charge in [-0.25, -0.2) is 10.4 Å². The molecule has 5 N–H and O–H groups in total. The Balaban J connectivity index is 1.85. The minimum absolute atomic E-state index is 0.190. The first-order valence-electron chi connectivity index (χ1n) is 9.48. The summed E-state index contributed by atoms with van der Waals surface area (Å²) in [5.74, 6) is 0. The van der Waals surface area contributed by atoms with Crippen LogP contribution in [0.25, 0.3) is 0 Å². The average Bonchev–Trinajstić information content (AvgIpc) is 2.90. The number of rotatable bonds is 4. The summed E-state index contributed by atoms with van der Waals surface area (Å²) in [6, 6.07) is 21.2. The number of hydrogen-bond acceptors (Lipinski definition) is 6. The number of quaternary nitrogens is 2. The second kappa shape index (κ2) is 7.96. The van der Waals surface area contributed by atoms with Gasteiger partial charge in [-0.05, 0) is 24.6 Å². The zero-order valence-corrected chi connectivity index (χ0v) is 16.3. The van der Waals surface area contributed by atoms with Gasteiger partial charge in [0.2, 0.25) is 0 Å². The Hall–Kier alpha value is -3.11. The number of fused-ring (bicyclic) bond motifs is 1. The fraction of sp³-hybridized carbons (Fsp3) is 0.136. The summed E-state index contributed by atoms with van der Waals surface area (Å²) in [5, 5.41) is 43.3. The van der Waals surface area contributed by atoms with Gasteiger partial charge in [-0.2, -0.15) is 10.5 Å². The van der Waals surface area contributed by atoms with Gasteiger partial charge in [0.15, 0.2) is 11.4 Å². The van der Waals surface area contributed by atoms with Crippen LogP contribution < -0.4 is 15.8 Å². The van der Waals surface area contributed by atoms with E-state index in [2.05, 4.69) is 5.32 Å². The van der Waals surface area contributed by atoms with Crippen molar-refractivity contribution in [3.63, 3.8) is 0 Å². The van der Waals surface area contributed by atoms with Crippen LogP contribution in [0.3, 0.4) is 0 Å². The van der Waals surface area contributed by atoms with Gasteiger partial charge in [-0.15, -0.1) is 0 Å². The highest BCUT2D eigenvalue weighted by Crippen LogP contribution is 2.39. The molecule has 3 unspecified atom stereocenters. The van der Waals surface area contributed by atoms with Crippen LogP contribution in [0.5, 0.6) is 0 Å². The predicted molar refractivity (Wildman–Crippen MR) is 113 cm³/mol. The van der Waals surface area contributed by atoms with Crippen LogP contribution in [0.4, 0.5) is 22.7 Å². The maximum Gasteiger partial charge on any atom is 0.164 e. The van der Waals surface area contributed by atoms with Crippen LogP contribution in [0.15, 0.2) is 77.8 Å². The summed E-state index contributed by atoms with van der Waals surface area (Å²) in [4.78, 5) is 4.83. The summed E-state index contributed by atoms with van der Waals surface area (Å²) in [5.41, 5.74) is 3.55. The molecule has 0 saturated carbocycles. The van der Waals surface area contributed by atoms with Crippen molar-refractivity contribution in [1.82, 2.24) is 0 Å². The van der Waals surface area contributed by atoms with Crippen molar-refractivity contribution >= 4 is 28.5 Å². The van der Waals surface area contributed by atoms with E-state index in [9.17, 15) is 20.8 Å². The van der Waals surface area contributed by atoms with Gasteiger partial charge in [-0.3, -0.25) is 4.99 Å². The van der Waals surface area contributed by atoms with Crippen LogP contribution in [-0.4, -0.2) is 16.1 Å². The summed E-state index contributed by atoms with van der Waals surface area (Å²) < 4.78 is 0. The Kier molecular flexibility index (Phi) is 5.35. The van der Waals surface area contributed by atoms with Gasteiger partial charge in [-0.1, -0.05) is 36.4 Å². The summed E-state index contributed by atoms with van der Waals surface area (Å²) in [6.45, 7) is 1.99. The topological polar surface area (TPSA) is 120 Å². The zero-order valence-electron chi connectivity index (χ0n) is 16.3. The Morgan fingerprint density at radius 3 is 2.30 bits per heavy atom. The maximum atomic E-state index is 11.5. The number of anilines is 1. The maximum absolute atomic E-state index is 11.5. The fourth-order valence-corrected chi connectivity index (χ4v) is 3.71. The Bertz CT molecular complexity index is 1100. The molecule has 0 radical (unpaired) electrons. The lowest BCUT2D eigenvalue weighted by Crippen LogP contribution is -2.99. The van der Waals surface area contributed by atoms with E-state index in [1.54, 1.807) is 36.4 Å². The Morgan fingerprint density at radius 1 is 0.900 bits per heavy atom. The standard InChI is InChI=1S/C22H22N4O4/c1-22(16-7-5-9-18(13-16)26(29)30)14-21(15-6-4-8-17(12-15)25(27)28)23-19-10-2-3-11-20(19)24-22/h2-13,24-27,29H,14H2,1H3. The van der Waals surface area contributed by atoms with Crippen molar-refractivity contribution in [2.75, 3.05) is 5.32 Å². The summed E-state index contributed by atoms with van der Waals surface area (Å²) in [6.07, 6.45) is 0.438. The molecule has 0 aromatic heterocycles. The van der Waals surface area contributed by atoms with Crippen molar-refractivity contribution < 1.29 is 20.9 Å². The molecular formula is C22H22N4O4. The van der Waals surface area contributed by atoms with Gasteiger partial charge < -0.3 is 15.7 Å². The van der Waals surface area contributed by atoms with E-state index in [0.29, 0.717) is 12.0 Å². The first-order valence-corrected chi connectivity index (χ1v) is 9.48. The van der Waals surface area contributed by atoms with Gasteiger partial charge in [0.1, 0.15) is 0 Å². The minimum Gasteiger partial charge on any atom is -0.595 e. The van der Waals surface area contributed by atoms with Crippen molar-refractivity contribution in [3.8, 4) is 0 Å². The number of nitrogens with one attached hydrogen (secondary N) is 3. The molecule has 3 aromatic carbocycles. The molecule has 0 amide bonds. The third-order valence-electron chi connectivity index (χ3n) is 5.28. The smallest absolute Gasteiger partial charge is 0.164 e. The molecule has 154 valence electrons. The fourth-order valence-electron chi connectivity index (χ4n) is 3.71. The molecule has 4 rings (SSSR count). The summed E-state index contributed by atoms with van der Waals surface area (Å²) in [7, 11) is 0. The largest absolute Gasteiger partial charge is 0.595 e. The van der Waals surface area contributed by atoms with Crippen LogP contribution in [-0.2, 0) is 5.54 Å². The molecule has 0 aliphatic carbocycles. The van der Waals surface area contributed by atoms with E-state index < -0.39 is 16.0 Å². The second-order valence-electron chi connectivity index (χ2n) is 7.48. The number of para-hydroxylation sites is 2. The zero-order chi connectivity index (χ0) is 21.3. The predicted octanol–water partition coefficient (Wildman–Crippen LogP) is 2.35. The monoisotopic (exact) mass is 406 g/mol. The third-order valence-corrected chi connectivity index (χ3v) is 5.28.